The number of halogens is 6. The molecule has 0 heterocycles. The minimum absolute atomic E-state index is 0.0146. The first-order chi connectivity index (χ1) is 20.3. The van der Waals surface area contributed by atoms with Crippen molar-refractivity contribution in [1.29, 1.82) is 5.26 Å². The lowest BCUT2D eigenvalue weighted by Crippen LogP contribution is -2.32. The molecular weight excluding hydrogens is 572 g/mol. The topological polar surface area (TPSA) is 74.2 Å². The fourth-order valence-corrected chi connectivity index (χ4v) is 4.94. The van der Waals surface area contributed by atoms with Gasteiger partial charge in [0, 0.05) is 18.5 Å². The standard InChI is InChI=1S/C32H27F6N3O2/c1-3-43-28-16-23(21-11-13-24(14-12-21)31(33,34)35)15-27(42)29(28)30(22-9-7-20(18-39)8-10-22)41-19(2)40-26-6-4-5-25(17-26)32(36,37)38/h4-14,17,23,30,40-41H,2-3,15-16H2,1H3. The van der Waals surface area contributed by atoms with Crippen LogP contribution in [0.15, 0.2) is 96.5 Å². The van der Waals surface area contributed by atoms with Crippen molar-refractivity contribution in [2.24, 2.45) is 0 Å². The quantitative estimate of drug-likeness (QED) is 0.242. The van der Waals surface area contributed by atoms with Crippen LogP contribution in [0.1, 0.15) is 59.5 Å². The highest BCUT2D eigenvalue weighted by atomic mass is 19.4. The SMILES string of the molecule is C=C(Nc1cccc(C(F)(F)F)c1)NC(C1=C(OCC)CC(c2ccc(C(F)(F)F)cc2)CC1=O)c1ccc(C#N)cc1. The van der Waals surface area contributed by atoms with E-state index in [4.69, 9.17) is 4.74 Å². The molecule has 0 aliphatic heterocycles. The molecule has 5 nitrogen and oxygen atoms in total. The van der Waals surface area contributed by atoms with E-state index in [2.05, 4.69) is 17.2 Å². The van der Waals surface area contributed by atoms with Crippen molar-refractivity contribution >= 4 is 11.5 Å². The second-order valence-electron chi connectivity index (χ2n) is 9.91. The Morgan fingerprint density at radius 1 is 0.977 bits per heavy atom. The lowest BCUT2D eigenvalue weighted by Gasteiger charge is -2.32. The third kappa shape index (κ3) is 7.57. The van der Waals surface area contributed by atoms with E-state index in [-0.39, 0.29) is 42.3 Å². The van der Waals surface area contributed by atoms with E-state index >= 15 is 0 Å². The lowest BCUT2D eigenvalue weighted by atomic mass is 9.79. The van der Waals surface area contributed by atoms with Crippen molar-refractivity contribution in [3.8, 4) is 6.07 Å². The second kappa shape index (κ2) is 12.7. The van der Waals surface area contributed by atoms with Crippen LogP contribution in [0.3, 0.4) is 0 Å². The Kier molecular flexibility index (Phi) is 9.19. The Balaban J connectivity index is 1.69. The number of ketones is 1. The molecule has 1 aliphatic carbocycles. The maximum absolute atomic E-state index is 13.7. The third-order valence-electron chi connectivity index (χ3n) is 6.96. The van der Waals surface area contributed by atoms with Crippen LogP contribution in [-0.4, -0.2) is 12.4 Å². The molecule has 2 N–H and O–H groups in total. The van der Waals surface area contributed by atoms with Crippen LogP contribution in [0.5, 0.6) is 0 Å². The van der Waals surface area contributed by atoms with E-state index in [0.717, 1.165) is 24.3 Å². The minimum atomic E-state index is -4.55. The number of carbonyl (C=O) groups is 1. The van der Waals surface area contributed by atoms with Crippen LogP contribution in [-0.2, 0) is 21.9 Å². The molecule has 224 valence electrons. The molecule has 0 saturated carbocycles. The maximum atomic E-state index is 13.7. The summed E-state index contributed by atoms with van der Waals surface area (Å²) in [6.07, 6.45) is -8.83. The van der Waals surface area contributed by atoms with Gasteiger partial charge in [-0.1, -0.05) is 36.9 Å². The van der Waals surface area contributed by atoms with Crippen molar-refractivity contribution in [1.82, 2.24) is 5.32 Å². The van der Waals surface area contributed by atoms with Gasteiger partial charge in [0.2, 0.25) is 0 Å². The van der Waals surface area contributed by atoms with Gasteiger partial charge in [0.15, 0.2) is 5.78 Å². The predicted molar refractivity (Wildman–Crippen MR) is 148 cm³/mol. The Bertz CT molecular complexity index is 1550. The molecule has 0 bridgehead atoms. The van der Waals surface area contributed by atoms with Crippen molar-refractivity contribution in [3.63, 3.8) is 0 Å². The van der Waals surface area contributed by atoms with Gasteiger partial charge in [-0.3, -0.25) is 4.79 Å². The lowest BCUT2D eigenvalue weighted by molar-refractivity contribution is -0.138. The smallest absolute Gasteiger partial charge is 0.416 e. The van der Waals surface area contributed by atoms with Crippen LogP contribution in [0.25, 0.3) is 0 Å². The Morgan fingerprint density at radius 2 is 1.63 bits per heavy atom. The van der Waals surface area contributed by atoms with E-state index in [9.17, 15) is 36.4 Å². The molecule has 0 amide bonds. The Labute approximate surface area is 244 Å². The molecule has 0 fully saturated rings. The highest BCUT2D eigenvalue weighted by Gasteiger charge is 2.36. The molecule has 2 atom stereocenters. The average molecular weight is 600 g/mol. The number of allylic oxidation sites excluding steroid dienone is 1. The monoisotopic (exact) mass is 599 g/mol. The summed E-state index contributed by atoms with van der Waals surface area (Å²) in [6.45, 7) is 5.83. The van der Waals surface area contributed by atoms with Gasteiger partial charge in [-0.25, -0.2) is 0 Å². The van der Waals surface area contributed by atoms with Gasteiger partial charge in [-0.15, -0.1) is 0 Å². The number of nitriles is 1. The largest absolute Gasteiger partial charge is 0.498 e. The number of Topliss-reactive ketones (excluding diaryl/α,β-unsaturated/α-hetero) is 1. The predicted octanol–water partition coefficient (Wildman–Crippen LogP) is 8.25. The summed E-state index contributed by atoms with van der Waals surface area (Å²) in [5.41, 5.74) is 0.197. The minimum Gasteiger partial charge on any atom is -0.498 e. The number of hydrogen-bond acceptors (Lipinski definition) is 5. The summed E-state index contributed by atoms with van der Waals surface area (Å²) in [4.78, 5) is 13.7. The van der Waals surface area contributed by atoms with Gasteiger partial charge >= 0.3 is 12.4 Å². The van der Waals surface area contributed by atoms with Gasteiger partial charge in [0.1, 0.15) is 5.76 Å². The number of nitrogens with one attached hydrogen (secondary N) is 2. The van der Waals surface area contributed by atoms with Crippen LogP contribution < -0.4 is 10.6 Å². The Morgan fingerprint density at radius 3 is 2.21 bits per heavy atom. The second-order valence-corrected chi connectivity index (χ2v) is 9.91. The third-order valence-corrected chi connectivity index (χ3v) is 6.96. The summed E-state index contributed by atoms with van der Waals surface area (Å²) in [5, 5.41) is 15.1. The molecule has 0 spiro atoms. The van der Waals surface area contributed by atoms with Gasteiger partial charge in [0.25, 0.3) is 0 Å². The number of carbonyl (C=O) groups excluding carboxylic acids is 1. The number of ether oxygens (including phenoxy) is 1. The molecule has 2 unspecified atom stereocenters. The first kappa shape index (κ1) is 31.2. The number of benzene rings is 3. The fourth-order valence-electron chi connectivity index (χ4n) is 4.94. The molecule has 43 heavy (non-hydrogen) atoms. The van der Waals surface area contributed by atoms with Crippen LogP contribution in [0.2, 0.25) is 0 Å². The molecule has 0 radical (unpaired) electrons. The summed E-state index contributed by atoms with van der Waals surface area (Å²) >= 11 is 0. The molecular formula is C32H27F6N3O2. The normalized spacial score (nSPS) is 16.3. The zero-order valence-electron chi connectivity index (χ0n) is 22.9. The van der Waals surface area contributed by atoms with Gasteiger partial charge < -0.3 is 15.4 Å². The molecule has 0 aromatic heterocycles. The number of alkyl halides is 6. The number of nitrogens with zero attached hydrogens (tertiary/aromatic N) is 1. The van der Waals surface area contributed by atoms with E-state index in [1.807, 2.05) is 6.07 Å². The number of rotatable bonds is 9. The van der Waals surface area contributed by atoms with Crippen molar-refractivity contribution in [3.05, 3.63) is 124 Å². The number of anilines is 1. The first-order valence-corrected chi connectivity index (χ1v) is 13.3. The Hall–Kier alpha value is -4.72. The maximum Gasteiger partial charge on any atom is 0.416 e. The molecule has 3 aromatic carbocycles. The van der Waals surface area contributed by atoms with E-state index in [1.165, 1.54) is 24.3 Å². The highest BCUT2D eigenvalue weighted by molar-refractivity contribution is 5.98. The summed E-state index contributed by atoms with van der Waals surface area (Å²) < 4.78 is 84.8. The van der Waals surface area contributed by atoms with Crippen molar-refractivity contribution in [2.45, 2.75) is 44.1 Å². The zero-order chi connectivity index (χ0) is 31.4. The molecule has 11 heteroatoms. The van der Waals surface area contributed by atoms with Gasteiger partial charge in [0.05, 0.1) is 46.8 Å². The van der Waals surface area contributed by atoms with Crippen molar-refractivity contribution in [2.75, 3.05) is 11.9 Å². The van der Waals surface area contributed by atoms with Gasteiger partial charge in [-0.2, -0.15) is 31.6 Å². The molecule has 4 rings (SSSR count). The zero-order valence-corrected chi connectivity index (χ0v) is 22.9. The van der Waals surface area contributed by atoms with Crippen LogP contribution >= 0.6 is 0 Å². The highest BCUT2D eigenvalue weighted by Crippen LogP contribution is 2.41. The molecule has 1 aliphatic rings. The average Bonchev–Trinajstić information content (AvgIpc) is 2.96. The van der Waals surface area contributed by atoms with E-state index in [1.54, 1.807) is 31.2 Å². The molecule has 0 saturated heterocycles. The van der Waals surface area contributed by atoms with Crippen LogP contribution in [0, 0.1) is 11.3 Å². The first-order valence-electron chi connectivity index (χ1n) is 13.3. The van der Waals surface area contributed by atoms with Crippen LogP contribution in [0.4, 0.5) is 32.0 Å². The summed E-state index contributed by atoms with van der Waals surface area (Å²) in [5.74, 6) is -0.339. The molecule has 3 aromatic rings. The summed E-state index contributed by atoms with van der Waals surface area (Å²) in [6, 6.07) is 16.8. The van der Waals surface area contributed by atoms with Crippen molar-refractivity contribution < 1.29 is 35.9 Å². The van der Waals surface area contributed by atoms with E-state index < -0.39 is 35.4 Å². The fraction of sp³-hybridized carbons (Fsp3) is 0.250. The van der Waals surface area contributed by atoms with Gasteiger partial charge in [-0.05, 0) is 66.4 Å². The number of hydrogen-bond donors (Lipinski definition) is 2. The summed E-state index contributed by atoms with van der Waals surface area (Å²) in [7, 11) is 0. The van der Waals surface area contributed by atoms with E-state index in [0.29, 0.717) is 22.4 Å².